The average Bonchev–Trinajstić information content (AvgIpc) is 3.08. The van der Waals surface area contributed by atoms with Gasteiger partial charge in [-0.05, 0) is 26.2 Å². The summed E-state index contributed by atoms with van der Waals surface area (Å²) in [5.74, 6) is 1.29. The smallest absolute Gasteiger partial charge is 0.242 e. The third kappa shape index (κ3) is 6.37. The van der Waals surface area contributed by atoms with E-state index in [0.717, 1.165) is 30.2 Å². The molecule has 0 unspecified atom stereocenters. The topological polar surface area (TPSA) is 88.9 Å². The molecule has 0 spiro atoms. The number of rotatable bonds is 10. The number of hydrogen-bond acceptors (Lipinski definition) is 5. The van der Waals surface area contributed by atoms with Gasteiger partial charge in [-0.15, -0.1) is 16.8 Å². The van der Waals surface area contributed by atoms with Crippen molar-refractivity contribution in [1.82, 2.24) is 25.4 Å². The Morgan fingerprint density at radius 2 is 2.07 bits per heavy atom. The minimum Gasteiger partial charge on any atom is -0.354 e. The van der Waals surface area contributed by atoms with Crippen LogP contribution in [0.3, 0.4) is 0 Å². The van der Waals surface area contributed by atoms with Crippen LogP contribution >= 0.6 is 11.8 Å². The minimum absolute atomic E-state index is 0.162. The summed E-state index contributed by atoms with van der Waals surface area (Å²) >= 11 is 1.35. The third-order valence-electron chi connectivity index (χ3n) is 4.68. The lowest BCUT2D eigenvalue weighted by Gasteiger charge is -2.21. The second-order valence-electron chi connectivity index (χ2n) is 6.94. The Morgan fingerprint density at radius 3 is 2.74 bits per heavy atom. The molecule has 1 aromatic heterocycles. The average molecular weight is 394 g/mol. The quantitative estimate of drug-likeness (QED) is 0.471. The molecule has 7 nitrogen and oxygen atoms in total. The normalized spacial score (nSPS) is 15.9. The van der Waals surface area contributed by atoms with Gasteiger partial charge < -0.3 is 15.2 Å². The largest absolute Gasteiger partial charge is 0.354 e. The van der Waals surface area contributed by atoms with Gasteiger partial charge in [-0.1, -0.05) is 44.0 Å². The summed E-state index contributed by atoms with van der Waals surface area (Å²) in [6.45, 7) is 8.76. The van der Waals surface area contributed by atoms with E-state index < -0.39 is 6.04 Å². The molecule has 0 bridgehead atoms. The monoisotopic (exact) mass is 393 g/mol. The van der Waals surface area contributed by atoms with Crippen molar-refractivity contribution in [2.75, 3.05) is 12.3 Å². The van der Waals surface area contributed by atoms with E-state index in [-0.39, 0.29) is 17.6 Å². The van der Waals surface area contributed by atoms with Gasteiger partial charge in [-0.3, -0.25) is 9.59 Å². The van der Waals surface area contributed by atoms with Gasteiger partial charge in [-0.25, -0.2) is 0 Å². The lowest BCUT2D eigenvalue weighted by atomic mass is 9.89. The summed E-state index contributed by atoms with van der Waals surface area (Å²) < 4.78 is 2.07. The van der Waals surface area contributed by atoms with Gasteiger partial charge in [0, 0.05) is 19.0 Å². The SMILES string of the molecule is C=CCn1c(SCC(=O)N[C@@H](C)C(=O)NCCC)nnc1C1CCCCC1. The first-order chi connectivity index (χ1) is 13.1. The van der Waals surface area contributed by atoms with Gasteiger partial charge in [-0.2, -0.15) is 0 Å². The van der Waals surface area contributed by atoms with Crippen LogP contribution in [0, 0.1) is 0 Å². The van der Waals surface area contributed by atoms with Gasteiger partial charge in [0.1, 0.15) is 11.9 Å². The number of amides is 2. The molecule has 0 aliphatic heterocycles. The van der Waals surface area contributed by atoms with Gasteiger partial charge in [0.2, 0.25) is 11.8 Å². The van der Waals surface area contributed by atoms with E-state index in [9.17, 15) is 9.59 Å². The summed E-state index contributed by atoms with van der Waals surface area (Å²) in [6.07, 6.45) is 8.74. The van der Waals surface area contributed by atoms with E-state index in [1.165, 1.54) is 31.0 Å². The maximum absolute atomic E-state index is 12.2. The maximum atomic E-state index is 12.2. The number of carbonyl (C=O) groups is 2. The summed E-state index contributed by atoms with van der Waals surface area (Å²) in [5.41, 5.74) is 0. The van der Waals surface area contributed by atoms with Crippen LogP contribution in [0.15, 0.2) is 17.8 Å². The van der Waals surface area contributed by atoms with Crippen LogP contribution in [0.1, 0.15) is 64.1 Å². The number of hydrogen-bond donors (Lipinski definition) is 2. The highest BCUT2D eigenvalue weighted by atomic mass is 32.2. The van der Waals surface area contributed by atoms with Crippen molar-refractivity contribution in [3.8, 4) is 0 Å². The summed E-state index contributed by atoms with van der Waals surface area (Å²) in [4.78, 5) is 24.1. The van der Waals surface area contributed by atoms with Crippen LogP contribution in [0.5, 0.6) is 0 Å². The van der Waals surface area contributed by atoms with E-state index in [1.807, 2.05) is 13.0 Å². The zero-order chi connectivity index (χ0) is 19.6. The first-order valence-corrected chi connectivity index (χ1v) is 10.8. The zero-order valence-corrected chi connectivity index (χ0v) is 17.2. The van der Waals surface area contributed by atoms with Crippen molar-refractivity contribution >= 4 is 23.6 Å². The Hall–Kier alpha value is -1.83. The van der Waals surface area contributed by atoms with Crippen molar-refractivity contribution < 1.29 is 9.59 Å². The van der Waals surface area contributed by atoms with E-state index >= 15 is 0 Å². The molecule has 1 atom stereocenters. The first-order valence-electron chi connectivity index (χ1n) is 9.80. The molecule has 2 N–H and O–H groups in total. The van der Waals surface area contributed by atoms with Crippen LogP contribution in [-0.4, -0.2) is 44.9 Å². The second kappa shape index (κ2) is 11.1. The predicted molar refractivity (Wildman–Crippen MR) is 108 cm³/mol. The fourth-order valence-electron chi connectivity index (χ4n) is 3.25. The Morgan fingerprint density at radius 1 is 1.33 bits per heavy atom. The van der Waals surface area contributed by atoms with Crippen LogP contribution in [0.2, 0.25) is 0 Å². The third-order valence-corrected chi connectivity index (χ3v) is 5.65. The van der Waals surface area contributed by atoms with Crippen molar-refractivity contribution in [2.45, 2.75) is 76.0 Å². The fourth-order valence-corrected chi connectivity index (χ4v) is 4.02. The zero-order valence-electron chi connectivity index (χ0n) is 16.4. The molecular weight excluding hydrogens is 362 g/mol. The van der Waals surface area contributed by atoms with E-state index in [4.69, 9.17) is 0 Å². The molecule has 150 valence electrons. The Balaban J connectivity index is 1.92. The number of thioether (sulfide) groups is 1. The number of aromatic nitrogens is 3. The number of nitrogens with one attached hydrogen (secondary N) is 2. The van der Waals surface area contributed by atoms with E-state index in [0.29, 0.717) is 19.0 Å². The molecule has 1 heterocycles. The van der Waals surface area contributed by atoms with Crippen molar-refractivity contribution in [3.63, 3.8) is 0 Å². The molecule has 1 fully saturated rings. The van der Waals surface area contributed by atoms with Crippen molar-refractivity contribution in [2.24, 2.45) is 0 Å². The summed E-state index contributed by atoms with van der Waals surface area (Å²) in [6, 6.07) is -0.548. The van der Waals surface area contributed by atoms with Crippen molar-refractivity contribution in [1.29, 1.82) is 0 Å². The summed E-state index contributed by atoms with van der Waals surface area (Å²) in [5, 5.41) is 15.0. The van der Waals surface area contributed by atoms with E-state index in [2.05, 4.69) is 32.0 Å². The van der Waals surface area contributed by atoms with Crippen molar-refractivity contribution in [3.05, 3.63) is 18.5 Å². The molecule has 1 saturated carbocycles. The molecule has 8 heteroatoms. The van der Waals surface area contributed by atoms with Gasteiger partial charge in [0.05, 0.1) is 5.75 Å². The van der Waals surface area contributed by atoms with Gasteiger partial charge in [0.15, 0.2) is 5.16 Å². The molecular formula is C19H31N5O2S. The molecule has 1 aliphatic carbocycles. The number of allylic oxidation sites excluding steroid dienone is 1. The Labute approximate surface area is 165 Å². The van der Waals surface area contributed by atoms with Crippen LogP contribution in [-0.2, 0) is 16.1 Å². The molecule has 0 radical (unpaired) electrons. The Bertz CT molecular complexity index is 640. The van der Waals surface area contributed by atoms with Crippen LogP contribution in [0.4, 0.5) is 0 Å². The molecule has 27 heavy (non-hydrogen) atoms. The molecule has 0 saturated heterocycles. The standard InChI is InChI=1S/C19H31N5O2S/c1-4-11-20-18(26)14(3)21-16(25)13-27-19-23-22-17(24(19)12-5-2)15-9-7-6-8-10-15/h5,14-15H,2,4,6-13H2,1,3H3,(H,20,26)(H,21,25)/t14-/m0/s1. The van der Waals surface area contributed by atoms with Gasteiger partial charge in [0.25, 0.3) is 0 Å². The second-order valence-corrected chi connectivity index (χ2v) is 7.89. The van der Waals surface area contributed by atoms with Crippen LogP contribution < -0.4 is 10.6 Å². The molecule has 1 aliphatic rings. The lowest BCUT2D eigenvalue weighted by molar-refractivity contribution is -0.127. The minimum atomic E-state index is -0.548. The maximum Gasteiger partial charge on any atom is 0.242 e. The predicted octanol–water partition coefficient (Wildman–Crippen LogP) is 2.63. The lowest BCUT2D eigenvalue weighted by Crippen LogP contribution is -2.45. The highest BCUT2D eigenvalue weighted by molar-refractivity contribution is 7.99. The van der Waals surface area contributed by atoms with Gasteiger partial charge >= 0.3 is 0 Å². The number of nitrogens with zero attached hydrogens (tertiary/aromatic N) is 3. The van der Waals surface area contributed by atoms with Crippen LogP contribution in [0.25, 0.3) is 0 Å². The molecule has 2 amide bonds. The first kappa shape index (κ1) is 21.5. The highest BCUT2D eigenvalue weighted by Crippen LogP contribution is 2.33. The fraction of sp³-hybridized carbons (Fsp3) is 0.684. The highest BCUT2D eigenvalue weighted by Gasteiger charge is 2.23. The number of carbonyl (C=O) groups excluding carboxylic acids is 2. The van der Waals surface area contributed by atoms with E-state index in [1.54, 1.807) is 6.92 Å². The molecule has 2 rings (SSSR count). The molecule has 0 aromatic carbocycles. The Kier molecular flexibility index (Phi) is 8.84. The molecule has 1 aromatic rings. The summed E-state index contributed by atoms with van der Waals surface area (Å²) in [7, 11) is 0.